The lowest BCUT2D eigenvalue weighted by atomic mass is 10.1. The van der Waals surface area contributed by atoms with E-state index in [-0.39, 0.29) is 24.8 Å². The van der Waals surface area contributed by atoms with Gasteiger partial charge in [0.1, 0.15) is 0 Å². The molecule has 0 spiro atoms. The van der Waals surface area contributed by atoms with Crippen molar-refractivity contribution in [2.24, 2.45) is 5.92 Å². The molecule has 146 valence electrons. The van der Waals surface area contributed by atoms with Gasteiger partial charge in [-0.2, -0.15) is 0 Å². The summed E-state index contributed by atoms with van der Waals surface area (Å²) in [5.41, 5.74) is 2.63. The van der Waals surface area contributed by atoms with Crippen LogP contribution in [0.2, 0.25) is 0 Å². The summed E-state index contributed by atoms with van der Waals surface area (Å²) in [6, 6.07) is 14.5. The zero-order chi connectivity index (χ0) is 20.1. The van der Waals surface area contributed by atoms with Gasteiger partial charge in [-0.15, -0.1) is 0 Å². The molecule has 1 fully saturated rings. The van der Waals surface area contributed by atoms with Crippen LogP contribution in [0, 0.1) is 5.92 Å². The third-order valence-corrected chi connectivity index (χ3v) is 4.84. The minimum absolute atomic E-state index is 0.0697. The van der Waals surface area contributed by atoms with Crippen LogP contribution in [-0.2, 0) is 20.7 Å². The molecule has 6 heteroatoms. The Labute approximate surface area is 164 Å². The Balaban J connectivity index is 1.75. The average Bonchev–Trinajstić information content (AvgIpc) is 3.10. The molecular formula is C22H24N2O4. The molecule has 1 aliphatic heterocycles. The van der Waals surface area contributed by atoms with Gasteiger partial charge in [-0.1, -0.05) is 37.3 Å². The van der Waals surface area contributed by atoms with Gasteiger partial charge in [0.2, 0.25) is 11.8 Å². The first kappa shape index (κ1) is 19.6. The fourth-order valence-electron chi connectivity index (χ4n) is 3.40. The predicted molar refractivity (Wildman–Crippen MR) is 107 cm³/mol. The first-order chi connectivity index (χ1) is 13.5. The number of carbonyl (C=O) groups excluding carboxylic acids is 3. The molecule has 28 heavy (non-hydrogen) atoms. The number of carbonyl (C=O) groups is 3. The summed E-state index contributed by atoms with van der Waals surface area (Å²) in [6.45, 7) is 4.34. The summed E-state index contributed by atoms with van der Waals surface area (Å²) >= 11 is 0. The van der Waals surface area contributed by atoms with Gasteiger partial charge in [0.05, 0.1) is 23.8 Å². The van der Waals surface area contributed by atoms with Crippen LogP contribution in [-0.4, -0.2) is 30.9 Å². The van der Waals surface area contributed by atoms with E-state index >= 15 is 0 Å². The van der Waals surface area contributed by atoms with E-state index in [4.69, 9.17) is 4.74 Å². The first-order valence-corrected chi connectivity index (χ1v) is 9.50. The number of ether oxygens (including phenoxy) is 1. The molecule has 2 aromatic rings. The third kappa shape index (κ3) is 4.06. The number of amides is 2. The highest BCUT2D eigenvalue weighted by Gasteiger charge is 2.36. The number of hydrogen-bond donors (Lipinski definition) is 1. The Kier molecular flexibility index (Phi) is 6.09. The number of para-hydroxylation sites is 2. The van der Waals surface area contributed by atoms with E-state index in [9.17, 15) is 14.4 Å². The number of nitrogens with zero attached hydrogens (tertiary/aromatic N) is 1. The monoisotopic (exact) mass is 380 g/mol. The number of aryl methyl sites for hydroxylation is 1. The van der Waals surface area contributed by atoms with Crippen molar-refractivity contribution in [3.8, 4) is 0 Å². The summed E-state index contributed by atoms with van der Waals surface area (Å²) in [4.78, 5) is 39.1. The quantitative estimate of drug-likeness (QED) is 0.779. The fraction of sp³-hybridized carbons (Fsp3) is 0.318. The molecule has 0 radical (unpaired) electrons. The third-order valence-electron chi connectivity index (χ3n) is 4.84. The van der Waals surface area contributed by atoms with Gasteiger partial charge in [-0.25, -0.2) is 4.79 Å². The summed E-state index contributed by atoms with van der Waals surface area (Å²) in [5, 5.41) is 2.79. The van der Waals surface area contributed by atoms with E-state index in [0.717, 1.165) is 17.7 Å². The van der Waals surface area contributed by atoms with Crippen LogP contribution in [0.4, 0.5) is 11.4 Å². The predicted octanol–water partition coefficient (Wildman–Crippen LogP) is 3.42. The van der Waals surface area contributed by atoms with Crippen molar-refractivity contribution < 1.29 is 19.1 Å². The molecule has 1 aliphatic rings. The number of esters is 1. The maximum atomic E-state index is 12.8. The number of benzene rings is 2. The van der Waals surface area contributed by atoms with Gasteiger partial charge in [-0.3, -0.25) is 9.59 Å². The van der Waals surface area contributed by atoms with E-state index in [0.29, 0.717) is 17.8 Å². The highest BCUT2D eigenvalue weighted by molar-refractivity contribution is 6.06. The minimum atomic E-state index is -0.487. The van der Waals surface area contributed by atoms with Crippen molar-refractivity contribution in [1.82, 2.24) is 0 Å². The summed E-state index contributed by atoms with van der Waals surface area (Å²) in [6.07, 6.45) is 0.954. The van der Waals surface area contributed by atoms with Gasteiger partial charge >= 0.3 is 5.97 Å². The first-order valence-electron chi connectivity index (χ1n) is 9.50. The van der Waals surface area contributed by atoms with Gasteiger partial charge < -0.3 is 15.0 Å². The van der Waals surface area contributed by atoms with Crippen LogP contribution in [0.3, 0.4) is 0 Å². The molecule has 0 aromatic heterocycles. The normalized spacial score (nSPS) is 16.1. The molecule has 0 aliphatic carbocycles. The summed E-state index contributed by atoms with van der Waals surface area (Å²) in [7, 11) is 0. The van der Waals surface area contributed by atoms with Crippen LogP contribution in [0.25, 0.3) is 0 Å². The van der Waals surface area contributed by atoms with Gasteiger partial charge in [0.15, 0.2) is 0 Å². The molecule has 6 nitrogen and oxygen atoms in total. The van der Waals surface area contributed by atoms with Crippen molar-refractivity contribution in [3.63, 3.8) is 0 Å². The molecular weight excluding hydrogens is 356 g/mol. The average molecular weight is 380 g/mol. The maximum Gasteiger partial charge on any atom is 0.340 e. The topological polar surface area (TPSA) is 75.7 Å². The van der Waals surface area contributed by atoms with Gasteiger partial charge in [0.25, 0.3) is 0 Å². The van der Waals surface area contributed by atoms with Crippen molar-refractivity contribution >= 4 is 29.2 Å². The van der Waals surface area contributed by atoms with Crippen molar-refractivity contribution in [1.29, 1.82) is 0 Å². The number of nitrogens with one attached hydrogen (secondary N) is 1. The molecule has 1 N–H and O–H groups in total. The SMILES string of the molecule is CCOC(=O)c1ccccc1NC(=O)C1CC(=O)N(c2ccccc2CC)C1. The second-order valence-corrected chi connectivity index (χ2v) is 6.64. The smallest absolute Gasteiger partial charge is 0.340 e. The Hall–Kier alpha value is -3.15. The zero-order valence-electron chi connectivity index (χ0n) is 16.1. The molecule has 2 amide bonds. The Bertz CT molecular complexity index is 894. The maximum absolute atomic E-state index is 12.8. The van der Waals surface area contributed by atoms with Crippen LogP contribution >= 0.6 is 0 Å². The molecule has 3 rings (SSSR count). The molecule has 1 saturated heterocycles. The standard InChI is InChI=1S/C22H24N2O4/c1-3-15-9-5-8-12-19(15)24-14-16(13-20(24)25)21(26)23-18-11-7-6-10-17(18)22(27)28-4-2/h5-12,16H,3-4,13-14H2,1-2H3,(H,23,26). The van der Waals surface area contributed by atoms with Crippen LogP contribution < -0.4 is 10.2 Å². The molecule has 1 unspecified atom stereocenters. The van der Waals surface area contributed by atoms with Crippen LogP contribution in [0.15, 0.2) is 48.5 Å². The minimum Gasteiger partial charge on any atom is -0.462 e. The van der Waals surface area contributed by atoms with Crippen LogP contribution in [0.1, 0.15) is 36.2 Å². The van der Waals surface area contributed by atoms with E-state index in [1.54, 1.807) is 36.1 Å². The van der Waals surface area contributed by atoms with E-state index < -0.39 is 11.9 Å². The van der Waals surface area contributed by atoms with Crippen molar-refractivity contribution in [2.75, 3.05) is 23.4 Å². The number of anilines is 2. The molecule has 2 aromatic carbocycles. The zero-order valence-corrected chi connectivity index (χ0v) is 16.1. The number of hydrogen-bond acceptors (Lipinski definition) is 4. The summed E-state index contributed by atoms with van der Waals surface area (Å²) in [5.74, 6) is -1.31. The Morgan fingerprint density at radius 1 is 1.11 bits per heavy atom. The fourth-order valence-corrected chi connectivity index (χ4v) is 3.40. The van der Waals surface area contributed by atoms with Crippen LogP contribution in [0.5, 0.6) is 0 Å². The van der Waals surface area contributed by atoms with E-state index in [2.05, 4.69) is 5.32 Å². The Morgan fingerprint density at radius 3 is 2.57 bits per heavy atom. The molecule has 1 atom stereocenters. The van der Waals surface area contributed by atoms with Gasteiger partial charge in [0, 0.05) is 18.7 Å². The van der Waals surface area contributed by atoms with Gasteiger partial charge in [-0.05, 0) is 37.1 Å². The summed E-state index contributed by atoms with van der Waals surface area (Å²) < 4.78 is 5.04. The van der Waals surface area contributed by atoms with E-state index in [1.165, 1.54) is 0 Å². The highest BCUT2D eigenvalue weighted by Crippen LogP contribution is 2.29. The lowest BCUT2D eigenvalue weighted by molar-refractivity contribution is -0.122. The van der Waals surface area contributed by atoms with Crippen molar-refractivity contribution in [3.05, 3.63) is 59.7 Å². The molecule has 0 bridgehead atoms. The largest absolute Gasteiger partial charge is 0.462 e. The highest BCUT2D eigenvalue weighted by atomic mass is 16.5. The second kappa shape index (κ2) is 8.69. The van der Waals surface area contributed by atoms with Crippen molar-refractivity contribution in [2.45, 2.75) is 26.7 Å². The van der Waals surface area contributed by atoms with E-state index in [1.807, 2.05) is 31.2 Å². The Morgan fingerprint density at radius 2 is 1.82 bits per heavy atom. The second-order valence-electron chi connectivity index (χ2n) is 6.64. The molecule has 1 heterocycles. The number of rotatable bonds is 6. The lowest BCUT2D eigenvalue weighted by Gasteiger charge is -2.20. The lowest BCUT2D eigenvalue weighted by Crippen LogP contribution is -2.29. The molecule has 0 saturated carbocycles.